The van der Waals surface area contributed by atoms with Crippen LogP contribution < -0.4 is 10.6 Å². The van der Waals surface area contributed by atoms with Crippen molar-refractivity contribution in [3.05, 3.63) is 52.1 Å². The van der Waals surface area contributed by atoms with Crippen LogP contribution in [0.5, 0.6) is 0 Å². The summed E-state index contributed by atoms with van der Waals surface area (Å²) < 4.78 is 0.920. The van der Waals surface area contributed by atoms with Gasteiger partial charge in [-0.2, -0.15) is 0 Å². The molecule has 98 valence electrons. The molecule has 0 radical (unpaired) electrons. The van der Waals surface area contributed by atoms with Gasteiger partial charge in [-0.25, -0.2) is 4.98 Å². The van der Waals surface area contributed by atoms with Gasteiger partial charge < -0.3 is 10.6 Å². The third-order valence-electron chi connectivity index (χ3n) is 3.52. The topological polar surface area (TPSA) is 42.1 Å². The molecule has 2 aromatic rings. The first-order valence-corrected chi connectivity index (χ1v) is 7.26. The Hall–Kier alpha value is -1.55. The summed E-state index contributed by atoms with van der Waals surface area (Å²) in [5.41, 5.74) is 9.64. The molecule has 0 spiro atoms. The number of nitrogens with two attached hydrogens (primary N) is 1. The van der Waals surface area contributed by atoms with Crippen LogP contribution in [-0.4, -0.2) is 11.5 Å². The van der Waals surface area contributed by atoms with Crippen LogP contribution in [0.2, 0.25) is 0 Å². The van der Waals surface area contributed by atoms with Crippen molar-refractivity contribution in [1.82, 2.24) is 4.98 Å². The third-order valence-corrected chi connectivity index (χ3v) is 3.95. The average molecular weight is 318 g/mol. The molecule has 4 heteroatoms. The monoisotopic (exact) mass is 317 g/mol. The molecule has 0 aliphatic carbocycles. The van der Waals surface area contributed by atoms with Crippen LogP contribution in [0.1, 0.15) is 17.5 Å². The lowest BCUT2D eigenvalue weighted by Gasteiger charge is -2.23. The minimum Gasteiger partial charge on any atom is -0.396 e. The van der Waals surface area contributed by atoms with Crippen LogP contribution in [0.25, 0.3) is 0 Å². The number of hydrogen-bond donors (Lipinski definition) is 1. The van der Waals surface area contributed by atoms with Crippen LogP contribution in [0, 0.1) is 0 Å². The molecule has 3 rings (SSSR count). The van der Waals surface area contributed by atoms with Gasteiger partial charge in [0.1, 0.15) is 0 Å². The second kappa shape index (κ2) is 5.21. The van der Waals surface area contributed by atoms with Gasteiger partial charge in [0.2, 0.25) is 0 Å². The van der Waals surface area contributed by atoms with E-state index in [9.17, 15) is 0 Å². The largest absolute Gasteiger partial charge is 0.396 e. The summed E-state index contributed by atoms with van der Waals surface area (Å²) in [7, 11) is 0. The van der Waals surface area contributed by atoms with Crippen LogP contribution in [0.3, 0.4) is 0 Å². The van der Waals surface area contributed by atoms with Crippen molar-refractivity contribution in [2.24, 2.45) is 0 Å². The predicted molar refractivity (Wildman–Crippen MR) is 82.2 cm³/mol. The molecule has 3 nitrogen and oxygen atoms in total. The molecule has 19 heavy (non-hydrogen) atoms. The Morgan fingerprint density at radius 1 is 1.21 bits per heavy atom. The standard InChI is InChI=1S/C15H16BrN3/c16-13-8-14(17)15(18-9-13)19-7-3-6-11-4-1-2-5-12(11)10-19/h1-2,4-5,8-9H,3,6-7,10,17H2. The second-order valence-electron chi connectivity index (χ2n) is 4.86. The van der Waals surface area contributed by atoms with Crippen molar-refractivity contribution in [3.8, 4) is 0 Å². The number of nitrogen functional groups attached to an aromatic ring is 1. The molecule has 0 bridgehead atoms. The first-order chi connectivity index (χ1) is 9.24. The van der Waals surface area contributed by atoms with Crippen molar-refractivity contribution in [2.75, 3.05) is 17.2 Å². The fourth-order valence-electron chi connectivity index (χ4n) is 2.59. The number of benzene rings is 1. The van der Waals surface area contributed by atoms with Crippen molar-refractivity contribution >= 4 is 27.4 Å². The van der Waals surface area contributed by atoms with E-state index in [-0.39, 0.29) is 0 Å². The number of rotatable bonds is 1. The van der Waals surface area contributed by atoms with Crippen molar-refractivity contribution < 1.29 is 0 Å². The van der Waals surface area contributed by atoms with Crippen molar-refractivity contribution in [3.63, 3.8) is 0 Å². The highest BCUT2D eigenvalue weighted by molar-refractivity contribution is 9.10. The van der Waals surface area contributed by atoms with E-state index in [1.165, 1.54) is 11.1 Å². The molecular formula is C15H16BrN3. The zero-order valence-electron chi connectivity index (χ0n) is 10.6. The minimum atomic E-state index is 0.730. The number of aromatic nitrogens is 1. The van der Waals surface area contributed by atoms with Gasteiger partial charge in [0, 0.05) is 23.8 Å². The van der Waals surface area contributed by atoms with Gasteiger partial charge in [-0.3, -0.25) is 0 Å². The number of halogens is 1. The lowest BCUT2D eigenvalue weighted by atomic mass is 10.0. The summed E-state index contributed by atoms with van der Waals surface area (Å²) in [6, 6.07) is 10.5. The number of hydrogen-bond acceptors (Lipinski definition) is 3. The molecular weight excluding hydrogens is 302 g/mol. The molecule has 0 fully saturated rings. The molecule has 2 heterocycles. The van der Waals surface area contributed by atoms with E-state index in [1.807, 2.05) is 12.3 Å². The van der Waals surface area contributed by atoms with E-state index in [0.29, 0.717) is 0 Å². The lowest BCUT2D eigenvalue weighted by Crippen LogP contribution is -2.24. The highest BCUT2D eigenvalue weighted by Gasteiger charge is 2.17. The Balaban J connectivity index is 1.94. The summed E-state index contributed by atoms with van der Waals surface area (Å²) in [6.07, 6.45) is 4.07. The normalized spacial score (nSPS) is 14.9. The van der Waals surface area contributed by atoms with Gasteiger partial charge in [-0.1, -0.05) is 24.3 Å². The Kier molecular flexibility index (Phi) is 3.42. The third kappa shape index (κ3) is 2.59. The van der Waals surface area contributed by atoms with Gasteiger partial charge in [0.05, 0.1) is 5.69 Å². The van der Waals surface area contributed by atoms with E-state index in [2.05, 4.69) is 50.1 Å². The fraction of sp³-hybridized carbons (Fsp3) is 0.267. The number of nitrogens with zero attached hydrogens (tertiary/aromatic N) is 2. The number of anilines is 2. The van der Waals surface area contributed by atoms with E-state index in [4.69, 9.17) is 5.73 Å². The Morgan fingerprint density at radius 3 is 2.79 bits per heavy atom. The number of pyridine rings is 1. The van der Waals surface area contributed by atoms with Crippen LogP contribution in [0.15, 0.2) is 41.0 Å². The molecule has 0 saturated heterocycles. The van der Waals surface area contributed by atoms with Gasteiger partial charge in [0.25, 0.3) is 0 Å². The van der Waals surface area contributed by atoms with Gasteiger partial charge >= 0.3 is 0 Å². The summed E-state index contributed by atoms with van der Waals surface area (Å²) in [5.74, 6) is 0.889. The highest BCUT2D eigenvalue weighted by Crippen LogP contribution is 2.28. The Labute approximate surface area is 121 Å². The zero-order chi connectivity index (χ0) is 13.2. The van der Waals surface area contributed by atoms with Gasteiger partial charge in [-0.15, -0.1) is 0 Å². The molecule has 0 unspecified atom stereocenters. The Bertz CT molecular complexity index is 598. The minimum absolute atomic E-state index is 0.730. The maximum absolute atomic E-state index is 6.09. The van der Waals surface area contributed by atoms with E-state index in [1.54, 1.807) is 0 Å². The summed E-state index contributed by atoms with van der Waals surface area (Å²) in [4.78, 5) is 6.74. The second-order valence-corrected chi connectivity index (χ2v) is 5.78. The molecule has 2 N–H and O–H groups in total. The molecule has 1 aromatic heterocycles. The highest BCUT2D eigenvalue weighted by atomic mass is 79.9. The van der Waals surface area contributed by atoms with Gasteiger partial charge in [-0.05, 0) is 46.0 Å². The lowest BCUT2D eigenvalue weighted by molar-refractivity contribution is 0.756. The first kappa shape index (κ1) is 12.5. The average Bonchev–Trinajstić information content (AvgIpc) is 2.60. The summed E-state index contributed by atoms with van der Waals surface area (Å²) >= 11 is 3.40. The van der Waals surface area contributed by atoms with Crippen molar-refractivity contribution in [2.45, 2.75) is 19.4 Å². The van der Waals surface area contributed by atoms with Gasteiger partial charge in [0.15, 0.2) is 5.82 Å². The molecule has 0 amide bonds. The predicted octanol–water partition coefficient (Wildman–Crippen LogP) is 3.38. The van der Waals surface area contributed by atoms with Crippen LogP contribution in [-0.2, 0) is 13.0 Å². The first-order valence-electron chi connectivity index (χ1n) is 6.47. The maximum atomic E-state index is 6.09. The van der Waals surface area contributed by atoms with E-state index >= 15 is 0 Å². The number of fused-ring (bicyclic) bond motifs is 1. The molecule has 0 atom stereocenters. The quantitative estimate of drug-likeness (QED) is 0.876. The zero-order valence-corrected chi connectivity index (χ0v) is 12.2. The summed E-state index contributed by atoms with van der Waals surface area (Å²) in [5, 5.41) is 0. The van der Waals surface area contributed by atoms with E-state index in [0.717, 1.165) is 41.9 Å². The fourth-order valence-corrected chi connectivity index (χ4v) is 2.94. The molecule has 1 aromatic carbocycles. The van der Waals surface area contributed by atoms with E-state index < -0.39 is 0 Å². The van der Waals surface area contributed by atoms with Crippen LogP contribution >= 0.6 is 15.9 Å². The smallest absolute Gasteiger partial charge is 0.152 e. The molecule has 0 saturated carbocycles. The molecule has 1 aliphatic rings. The van der Waals surface area contributed by atoms with Crippen LogP contribution in [0.4, 0.5) is 11.5 Å². The number of aryl methyl sites for hydroxylation is 1. The maximum Gasteiger partial charge on any atom is 0.152 e. The van der Waals surface area contributed by atoms with Crippen molar-refractivity contribution in [1.29, 1.82) is 0 Å². The summed E-state index contributed by atoms with van der Waals surface area (Å²) in [6.45, 7) is 1.88. The Morgan fingerprint density at radius 2 is 2.00 bits per heavy atom. The molecule has 1 aliphatic heterocycles. The SMILES string of the molecule is Nc1cc(Br)cnc1N1CCCc2ccccc2C1.